The lowest BCUT2D eigenvalue weighted by Crippen LogP contribution is -2.30. The highest BCUT2D eigenvalue weighted by Gasteiger charge is 2.26. The van der Waals surface area contributed by atoms with Gasteiger partial charge in [-0.15, -0.1) is 0 Å². The molecule has 0 radical (unpaired) electrons. The van der Waals surface area contributed by atoms with Crippen molar-refractivity contribution in [2.45, 2.75) is 12.7 Å². The topological polar surface area (TPSA) is 80.2 Å². The van der Waals surface area contributed by atoms with Crippen molar-refractivity contribution in [1.29, 1.82) is 0 Å². The number of rotatable bonds is 5. The Kier molecular flexibility index (Phi) is 4.69. The molecule has 1 aromatic carbocycles. The molecule has 6 nitrogen and oxygen atoms in total. The fraction of sp³-hybridized carbons (Fsp3) is 0.214. The zero-order chi connectivity index (χ0) is 17.2. The first kappa shape index (κ1) is 16.9. The first-order chi connectivity index (χ1) is 10.8. The van der Waals surface area contributed by atoms with Crippen LogP contribution >= 0.6 is 0 Å². The Hall–Kier alpha value is -2.42. The van der Waals surface area contributed by atoms with Crippen LogP contribution < -0.4 is 4.31 Å². The molecule has 0 unspecified atom stereocenters. The van der Waals surface area contributed by atoms with Gasteiger partial charge in [0.2, 0.25) is 10.0 Å². The molecule has 0 fully saturated rings. The highest BCUT2D eigenvalue weighted by molar-refractivity contribution is 7.92. The number of aldehydes is 1. The molecule has 2 aromatic rings. The molecule has 23 heavy (non-hydrogen) atoms. The van der Waals surface area contributed by atoms with Gasteiger partial charge in [-0.1, -0.05) is 0 Å². The maximum Gasteiger partial charge on any atom is 0.240 e. The zero-order valence-electron chi connectivity index (χ0n) is 12.3. The summed E-state index contributed by atoms with van der Waals surface area (Å²) >= 11 is 0. The molecular weight excluding hydrogens is 328 g/mol. The minimum Gasteiger partial charge on any atom is -0.296 e. The van der Waals surface area contributed by atoms with Crippen LogP contribution in [0.3, 0.4) is 0 Å². The quantitative estimate of drug-likeness (QED) is 0.775. The van der Waals surface area contributed by atoms with E-state index in [9.17, 15) is 22.0 Å². The lowest BCUT2D eigenvalue weighted by Gasteiger charge is -2.20. The van der Waals surface area contributed by atoms with Gasteiger partial charge in [-0.25, -0.2) is 27.2 Å². The fourth-order valence-corrected chi connectivity index (χ4v) is 3.27. The molecule has 9 heteroatoms. The molecule has 0 saturated heterocycles. The zero-order valence-corrected chi connectivity index (χ0v) is 13.1. The third kappa shape index (κ3) is 3.34. The van der Waals surface area contributed by atoms with E-state index in [1.165, 1.54) is 26.4 Å². The van der Waals surface area contributed by atoms with E-state index in [0.29, 0.717) is 6.29 Å². The van der Waals surface area contributed by atoms with E-state index in [-0.39, 0.29) is 22.6 Å². The standard InChI is InChI=1S/C14H13F2N3O3S/c1-9-10(12(16)4-3-11(9)15)8-23(21,22)19(2)14-13(7-20)17-5-6-18-14/h3-7H,8H2,1-2H3. The summed E-state index contributed by atoms with van der Waals surface area (Å²) in [6.45, 7) is 1.29. The van der Waals surface area contributed by atoms with Crippen LogP contribution in [0, 0.1) is 18.6 Å². The van der Waals surface area contributed by atoms with Crippen LogP contribution in [0.25, 0.3) is 0 Å². The van der Waals surface area contributed by atoms with Gasteiger partial charge in [-0.3, -0.25) is 9.10 Å². The Morgan fingerprint density at radius 2 is 1.78 bits per heavy atom. The van der Waals surface area contributed by atoms with Crippen molar-refractivity contribution >= 4 is 22.1 Å². The fourth-order valence-electron chi connectivity index (χ4n) is 1.95. The number of sulfonamides is 1. The van der Waals surface area contributed by atoms with Crippen LogP contribution in [-0.2, 0) is 15.8 Å². The normalized spacial score (nSPS) is 11.3. The van der Waals surface area contributed by atoms with Crippen molar-refractivity contribution < 1.29 is 22.0 Å². The van der Waals surface area contributed by atoms with E-state index in [1.54, 1.807) is 0 Å². The number of hydrogen-bond donors (Lipinski definition) is 0. The molecule has 0 spiro atoms. The van der Waals surface area contributed by atoms with Crippen molar-refractivity contribution in [3.63, 3.8) is 0 Å². The molecule has 0 bridgehead atoms. The summed E-state index contributed by atoms with van der Waals surface area (Å²) in [6.07, 6.45) is 2.83. The van der Waals surface area contributed by atoms with Gasteiger partial charge in [0.05, 0.1) is 5.75 Å². The van der Waals surface area contributed by atoms with Crippen LogP contribution in [0.1, 0.15) is 21.6 Å². The molecule has 1 heterocycles. The van der Waals surface area contributed by atoms with Gasteiger partial charge >= 0.3 is 0 Å². The second-order valence-corrected chi connectivity index (χ2v) is 6.74. The Morgan fingerprint density at radius 1 is 1.17 bits per heavy atom. The molecule has 0 aliphatic heterocycles. The maximum atomic E-state index is 13.8. The Labute approximate surface area is 131 Å². The minimum atomic E-state index is -4.10. The number of benzene rings is 1. The number of anilines is 1. The molecule has 2 rings (SSSR count). The highest BCUT2D eigenvalue weighted by Crippen LogP contribution is 2.23. The van der Waals surface area contributed by atoms with E-state index in [1.807, 2.05) is 0 Å². The van der Waals surface area contributed by atoms with Crippen molar-refractivity contribution in [2.24, 2.45) is 0 Å². The van der Waals surface area contributed by atoms with E-state index in [2.05, 4.69) is 9.97 Å². The minimum absolute atomic E-state index is 0.0864. The molecule has 0 aliphatic rings. The van der Waals surface area contributed by atoms with Gasteiger partial charge in [0.1, 0.15) is 17.3 Å². The van der Waals surface area contributed by atoms with Gasteiger partial charge in [0.25, 0.3) is 0 Å². The Balaban J connectivity index is 2.44. The Bertz CT molecular complexity index is 856. The first-order valence-corrected chi connectivity index (χ1v) is 8.05. The van der Waals surface area contributed by atoms with E-state index in [0.717, 1.165) is 16.4 Å². The van der Waals surface area contributed by atoms with Crippen molar-refractivity contribution in [3.05, 3.63) is 53.0 Å². The number of carbonyl (C=O) groups excluding carboxylic acids is 1. The summed E-state index contributed by atoms with van der Waals surface area (Å²) in [5.74, 6) is -2.48. The highest BCUT2D eigenvalue weighted by atomic mass is 32.2. The summed E-state index contributed by atoms with van der Waals surface area (Å²) in [5.41, 5.74) is -0.528. The number of hydrogen-bond acceptors (Lipinski definition) is 5. The molecule has 0 atom stereocenters. The van der Waals surface area contributed by atoms with E-state index >= 15 is 0 Å². The number of carbonyl (C=O) groups is 1. The van der Waals surface area contributed by atoms with Crippen LogP contribution in [0.2, 0.25) is 0 Å². The van der Waals surface area contributed by atoms with Crippen LogP contribution in [0.15, 0.2) is 24.5 Å². The maximum absolute atomic E-state index is 13.8. The van der Waals surface area contributed by atoms with Crippen LogP contribution in [-0.4, -0.2) is 31.7 Å². The second-order valence-electron chi connectivity index (χ2n) is 4.74. The molecule has 0 amide bonds. The predicted octanol–water partition coefficient (Wildman–Crippen LogP) is 1.84. The SMILES string of the molecule is Cc1c(F)ccc(F)c1CS(=O)(=O)N(C)c1nccnc1C=O. The number of aromatic nitrogens is 2. The summed E-state index contributed by atoms with van der Waals surface area (Å²) in [4.78, 5) is 18.5. The lowest BCUT2D eigenvalue weighted by atomic mass is 10.1. The largest absolute Gasteiger partial charge is 0.296 e. The monoisotopic (exact) mass is 341 g/mol. The molecule has 122 valence electrons. The van der Waals surface area contributed by atoms with Crippen LogP contribution in [0.5, 0.6) is 0 Å². The lowest BCUT2D eigenvalue weighted by molar-refractivity contribution is 0.111. The van der Waals surface area contributed by atoms with Gasteiger partial charge in [0, 0.05) is 25.0 Å². The van der Waals surface area contributed by atoms with Gasteiger partial charge in [-0.2, -0.15) is 0 Å². The van der Waals surface area contributed by atoms with Gasteiger partial charge in [-0.05, 0) is 24.6 Å². The van der Waals surface area contributed by atoms with Gasteiger partial charge in [0.15, 0.2) is 12.1 Å². The summed E-state index contributed by atoms with van der Waals surface area (Å²) in [7, 11) is -2.93. The average molecular weight is 341 g/mol. The number of halogens is 2. The first-order valence-electron chi connectivity index (χ1n) is 6.44. The molecule has 1 aromatic heterocycles. The number of nitrogens with zero attached hydrogens (tertiary/aromatic N) is 3. The summed E-state index contributed by atoms with van der Waals surface area (Å²) in [6, 6.07) is 1.80. The van der Waals surface area contributed by atoms with Crippen LogP contribution in [0.4, 0.5) is 14.6 Å². The van der Waals surface area contributed by atoms with Crippen molar-refractivity contribution in [1.82, 2.24) is 9.97 Å². The smallest absolute Gasteiger partial charge is 0.240 e. The molecule has 0 N–H and O–H groups in total. The molecular formula is C14H13F2N3O3S. The summed E-state index contributed by atoms with van der Waals surface area (Å²) in [5, 5.41) is 0. The van der Waals surface area contributed by atoms with Crippen molar-refractivity contribution in [3.8, 4) is 0 Å². The summed E-state index contributed by atoms with van der Waals surface area (Å²) < 4.78 is 53.0. The second kappa shape index (κ2) is 6.37. The molecule has 0 aliphatic carbocycles. The third-order valence-electron chi connectivity index (χ3n) is 3.34. The average Bonchev–Trinajstić information content (AvgIpc) is 2.54. The third-order valence-corrected chi connectivity index (χ3v) is 5.00. The van der Waals surface area contributed by atoms with E-state index < -0.39 is 27.4 Å². The Morgan fingerprint density at radius 3 is 2.43 bits per heavy atom. The van der Waals surface area contributed by atoms with Gasteiger partial charge < -0.3 is 0 Å². The van der Waals surface area contributed by atoms with E-state index in [4.69, 9.17) is 0 Å². The predicted molar refractivity (Wildman–Crippen MR) is 79.5 cm³/mol. The molecule has 0 saturated carbocycles. The van der Waals surface area contributed by atoms with Crippen molar-refractivity contribution in [2.75, 3.05) is 11.4 Å².